The number of hydrogen-bond donors (Lipinski definition) is 0. The van der Waals surface area contributed by atoms with Gasteiger partial charge in [0.05, 0.1) is 13.2 Å². The first-order chi connectivity index (χ1) is 18.0. The van der Waals surface area contributed by atoms with E-state index in [2.05, 4.69) is 0 Å². The number of ether oxygens (including phenoxy) is 3. The molecule has 37 heavy (non-hydrogen) atoms. The zero-order valence-corrected chi connectivity index (χ0v) is 21.8. The summed E-state index contributed by atoms with van der Waals surface area (Å²) in [5, 5.41) is 2.01. The van der Waals surface area contributed by atoms with Crippen molar-refractivity contribution in [2.24, 2.45) is 0 Å². The third kappa shape index (κ3) is 6.67. The van der Waals surface area contributed by atoms with Crippen molar-refractivity contribution >= 4 is 23.2 Å². The van der Waals surface area contributed by atoms with Gasteiger partial charge in [0, 0.05) is 43.3 Å². The standard InChI is InChI=1S/C28H31FN2O5S/c1-34-15-4-13-30(28(33)20-7-9-22(35-2)10-8-20)18-27(32)31-14-11-26-24(12-16-37-26)25(31)19-36-23-6-3-5-21(29)17-23/h3,5-10,12,16-17,25H,4,11,13-15,18-19H2,1-2H3/t25-/m0/s1. The Labute approximate surface area is 220 Å². The SMILES string of the molecule is COCCCN(CC(=O)N1CCc2sccc2[C@@H]1COc1cccc(F)c1)C(=O)c1ccc(OC)cc1. The lowest BCUT2D eigenvalue weighted by molar-refractivity contribution is -0.135. The molecule has 0 unspecified atom stereocenters. The fraction of sp³-hybridized carbons (Fsp3) is 0.357. The Morgan fingerprint density at radius 2 is 1.92 bits per heavy atom. The van der Waals surface area contributed by atoms with Crippen molar-refractivity contribution in [2.45, 2.75) is 18.9 Å². The summed E-state index contributed by atoms with van der Waals surface area (Å²) in [4.78, 5) is 31.6. The molecule has 2 heterocycles. The smallest absolute Gasteiger partial charge is 0.254 e. The highest BCUT2D eigenvalue weighted by molar-refractivity contribution is 7.10. The fourth-order valence-electron chi connectivity index (χ4n) is 4.43. The molecule has 196 valence electrons. The summed E-state index contributed by atoms with van der Waals surface area (Å²) < 4.78 is 29.9. The van der Waals surface area contributed by atoms with E-state index in [0.717, 1.165) is 12.0 Å². The topological polar surface area (TPSA) is 68.3 Å². The molecule has 3 aromatic rings. The molecule has 1 atom stereocenters. The Bertz CT molecular complexity index is 1200. The lowest BCUT2D eigenvalue weighted by Gasteiger charge is -2.37. The first kappa shape index (κ1) is 26.6. The van der Waals surface area contributed by atoms with Crippen LogP contribution in [-0.2, 0) is 16.0 Å². The molecular formula is C28H31FN2O5S. The van der Waals surface area contributed by atoms with Crippen molar-refractivity contribution < 1.29 is 28.2 Å². The third-order valence-electron chi connectivity index (χ3n) is 6.35. The van der Waals surface area contributed by atoms with Gasteiger partial charge >= 0.3 is 0 Å². The summed E-state index contributed by atoms with van der Waals surface area (Å²) in [7, 11) is 3.18. The predicted molar refractivity (Wildman–Crippen MR) is 140 cm³/mol. The number of fused-ring (bicyclic) bond motifs is 1. The van der Waals surface area contributed by atoms with Gasteiger partial charge in [-0.15, -0.1) is 11.3 Å². The highest BCUT2D eigenvalue weighted by atomic mass is 32.1. The lowest BCUT2D eigenvalue weighted by atomic mass is 10.0. The molecule has 0 aliphatic carbocycles. The van der Waals surface area contributed by atoms with Crippen LogP contribution in [0.3, 0.4) is 0 Å². The minimum absolute atomic E-state index is 0.0650. The average molecular weight is 527 g/mol. The van der Waals surface area contributed by atoms with Crippen molar-refractivity contribution in [1.29, 1.82) is 0 Å². The maximum atomic E-state index is 13.7. The summed E-state index contributed by atoms with van der Waals surface area (Å²) in [6, 6.07) is 14.5. The fourth-order valence-corrected chi connectivity index (χ4v) is 5.36. The van der Waals surface area contributed by atoms with E-state index >= 15 is 0 Å². The van der Waals surface area contributed by atoms with Crippen LogP contribution >= 0.6 is 11.3 Å². The van der Waals surface area contributed by atoms with Crippen LogP contribution in [0.2, 0.25) is 0 Å². The van der Waals surface area contributed by atoms with Crippen LogP contribution < -0.4 is 9.47 Å². The van der Waals surface area contributed by atoms with Gasteiger partial charge in [-0.05, 0) is 66.2 Å². The largest absolute Gasteiger partial charge is 0.497 e. The third-order valence-corrected chi connectivity index (χ3v) is 7.34. The number of benzene rings is 2. The maximum absolute atomic E-state index is 13.7. The molecule has 1 aliphatic rings. The van der Waals surface area contributed by atoms with Crippen LogP contribution in [0.1, 0.15) is 33.3 Å². The summed E-state index contributed by atoms with van der Waals surface area (Å²) in [5.41, 5.74) is 1.52. The zero-order chi connectivity index (χ0) is 26.2. The maximum Gasteiger partial charge on any atom is 0.254 e. The summed E-state index contributed by atoms with van der Waals surface area (Å²) in [5.74, 6) is 0.288. The lowest BCUT2D eigenvalue weighted by Crippen LogP contribution is -2.48. The molecule has 9 heteroatoms. The second-order valence-electron chi connectivity index (χ2n) is 8.72. The molecule has 1 aliphatic heterocycles. The molecule has 7 nitrogen and oxygen atoms in total. The predicted octanol–water partition coefficient (Wildman–Crippen LogP) is 4.58. The number of amides is 2. The number of carbonyl (C=O) groups is 2. The quantitative estimate of drug-likeness (QED) is 0.342. The Morgan fingerprint density at radius 1 is 1.11 bits per heavy atom. The summed E-state index contributed by atoms with van der Waals surface area (Å²) >= 11 is 1.66. The van der Waals surface area contributed by atoms with Gasteiger partial charge in [0.2, 0.25) is 5.91 Å². The van der Waals surface area contributed by atoms with E-state index in [1.165, 1.54) is 17.0 Å². The van der Waals surface area contributed by atoms with Crippen LogP contribution in [0.15, 0.2) is 60.0 Å². The number of halogens is 1. The highest BCUT2D eigenvalue weighted by Crippen LogP contribution is 2.34. The monoisotopic (exact) mass is 526 g/mol. The second kappa shape index (κ2) is 12.7. The number of rotatable bonds is 11. The van der Waals surface area contributed by atoms with E-state index in [1.54, 1.807) is 71.8 Å². The van der Waals surface area contributed by atoms with Gasteiger partial charge in [-0.3, -0.25) is 9.59 Å². The number of hydrogen-bond acceptors (Lipinski definition) is 6. The Balaban J connectivity index is 1.51. The summed E-state index contributed by atoms with van der Waals surface area (Å²) in [6.45, 7) is 1.50. The highest BCUT2D eigenvalue weighted by Gasteiger charge is 2.33. The zero-order valence-electron chi connectivity index (χ0n) is 21.0. The average Bonchev–Trinajstić information content (AvgIpc) is 3.40. The molecule has 1 aromatic heterocycles. The molecule has 0 spiro atoms. The van der Waals surface area contributed by atoms with Crippen molar-refractivity contribution in [3.8, 4) is 11.5 Å². The van der Waals surface area contributed by atoms with Crippen molar-refractivity contribution in [1.82, 2.24) is 9.80 Å². The molecule has 0 saturated carbocycles. The molecule has 0 bridgehead atoms. The molecule has 2 aromatic carbocycles. The molecular weight excluding hydrogens is 495 g/mol. The van der Waals surface area contributed by atoms with Gasteiger partial charge in [-0.25, -0.2) is 4.39 Å². The van der Waals surface area contributed by atoms with Gasteiger partial charge in [-0.2, -0.15) is 0 Å². The van der Waals surface area contributed by atoms with Crippen LogP contribution in [0.5, 0.6) is 11.5 Å². The molecule has 0 radical (unpaired) electrons. The van der Waals surface area contributed by atoms with Gasteiger partial charge in [0.1, 0.15) is 30.5 Å². The molecule has 0 saturated heterocycles. The normalized spacial score (nSPS) is 14.7. The Hall–Kier alpha value is -3.43. The van der Waals surface area contributed by atoms with Gasteiger partial charge < -0.3 is 24.0 Å². The number of thiophene rings is 1. The van der Waals surface area contributed by atoms with E-state index in [4.69, 9.17) is 14.2 Å². The number of methoxy groups -OCH3 is 2. The second-order valence-corrected chi connectivity index (χ2v) is 9.72. The number of nitrogens with zero attached hydrogens (tertiary/aromatic N) is 2. The Kier molecular flexibility index (Phi) is 9.14. The van der Waals surface area contributed by atoms with Gasteiger partial charge in [0.25, 0.3) is 5.91 Å². The first-order valence-corrected chi connectivity index (χ1v) is 13.0. The van der Waals surface area contributed by atoms with Gasteiger partial charge in [0.15, 0.2) is 0 Å². The minimum Gasteiger partial charge on any atom is -0.497 e. The van der Waals surface area contributed by atoms with Crippen LogP contribution in [0.25, 0.3) is 0 Å². The van der Waals surface area contributed by atoms with E-state index in [-0.39, 0.29) is 36.8 Å². The first-order valence-electron chi connectivity index (χ1n) is 12.2. The molecule has 0 N–H and O–H groups in total. The van der Waals surface area contributed by atoms with Crippen molar-refractivity contribution in [2.75, 3.05) is 47.1 Å². The van der Waals surface area contributed by atoms with Crippen LogP contribution in [0, 0.1) is 5.82 Å². The van der Waals surface area contributed by atoms with Gasteiger partial charge in [-0.1, -0.05) is 6.07 Å². The van der Waals surface area contributed by atoms with Crippen LogP contribution in [-0.4, -0.2) is 68.7 Å². The number of carbonyl (C=O) groups excluding carboxylic acids is 2. The molecule has 2 amide bonds. The van der Waals surface area contributed by atoms with E-state index < -0.39 is 0 Å². The summed E-state index contributed by atoms with van der Waals surface area (Å²) in [6.07, 6.45) is 1.35. The molecule has 4 rings (SSSR count). The van der Waals surface area contributed by atoms with Crippen LogP contribution in [0.4, 0.5) is 4.39 Å². The van der Waals surface area contributed by atoms with E-state index in [9.17, 15) is 14.0 Å². The van der Waals surface area contributed by atoms with Crippen molar-refractivity contribution in [3.05, 3.63) is 81.8 Å². The van der Waals surface area contributed by atoms with E-state index in [1.807, 2.05) is 11.4 Å². The molecule has 0 fully saturated rings. The Morgan fingerprint density at radius 3 is 2.65 bits per heavy atom. The minimum atomic E-state index is -0.381. The van der Waals surface area contributed by atoms with Crippen molar-refractivity contribution in [3.63, 3.8) is 0 Å². The van der Waals surface area contributed by atoms with E-state index in [0.29, 0.717) is 43.2 Å².